The van der Waals surface area contributed by atoms with Gasteiger partial charge in [0, 0.05) is 10.6 Å². The van der Waals surface area contributed by atoms with Crippen LogP contribution in [0.15, 0.2) is 18.2 Å². The number of rotatable bonds is 3. The molecule has 1 aromatic carbocycles. The largest absolute Gasteiger partial charge is 0.497 e. The summed E-state index contributed by atoms with van der Waals surface area (Å²) in [4.78, 5) is 0. The maximum absolute atomic E-state index is 9.92. The first kappa shape index (κ1) is 9.81. The second kappa shape index (κ2) is 3.79. The summed E-state index contributed by atoms with van der Waals surface area (Å²) >= 11 is 6.00. The average molecular weight is 213 g/mol. The van der Waals surface area contributed by atoms with Gasteiger partial charge in [0.05, 0.1) is 13.2 Å². The van der Waals surface area contributed by atoms with Crippen LogP contribution in [-0.4, -0.2) is 12.2 Å². The Bertz CT molecular complexity index is 334. The Morgan fingerprint density at radius 1 is 1.50 bits per heavy atom. The van der Waals surface area contributed by atoms with Crippen molar-refractivity contribution in [2.75, 3.05) is 7.11 Å². The summed E-state index contributed by atoms with van der Waals surface area (Å²) < 4.78 is 5.09. The molecule has 0 bridgehead atoms. The normalized spacial score (nSPS) is 17.9. The summed E-state index contributed by atoms with van der Waals surface area (Å²) in [5.41, 5.74) is 0.786. The van der Waals surface area contributed by atoms with Crippen LogP contribution in [0.4, 0.5) is 0 Å². The van der Waals surface area contributed by atoms with Gasteiger partial charge in [0.15, 0.2) is 0 Å². The standard InChI is InChI=1S/C11H13ClO2/c1-14-8-4-5-10(12)9(6-8)11(13)7-2-3-7/h4-7,11,13H,2-3H2,1H3. The third-order valence-electron chi connectivity index (χ3n) is 2.59. The molecule has 0 aromatic heterocycles. The van der Waals surface area contributed by atoms with Crippen LogP contribution >= 0.6 is 11.6 Å². The predicted molar refractivity (Wildman–Crippen MR) is 55.7 cm³/mol. The van der Waals surface area contributed by atoms with Crippen LogP contribution in [-0.2, 0) is 0 Å². The van der Waals surface area contributed by atoms with Crippen molar-refractivity contribution in [3.05, 3.63) is 28.8 Å². The molecule has 1 aromatic rings. The Morgan fingerprint density at radius 3 is 2.79 bits per heavy atom. The molecule has 0 heterocycles. The van der Waals surface area contributed by atoms with Crippen LogP contribution < -0.4 is 4.74 Å². The summed E-state index contributed by atoms with van der Waals surface area (Å²) in [5.74, 6) is 1.13. The van der Waals surface area contributed by atoms with Crippen LogP contribution in [0, 0.1) is 5.92 Å². The highest BCUT2D eigenvalue weighted by Gasteiger charge is 2.32. The quantitative estimate of drug-likeness (QED) is 0.835. The SMILES string of the molecule is COc1ccc(Cl)c(C(O)C2CC2)c1. The molecule has 0 amide bonds. The van der Waals surface area contributed by atoms with Gasteiger partial charge < -0.3 is 9.84 Å². The van der Waals surface area contributed by atoms with Crippen molar-refractivity contribution in [1.29, 1.82) is 0 Å². The van der Waals surface area contributed by atoms with E-state index >= 15 is 0 Å². The Labute approximate surface area is 88.5 Å². The van der Waals surface area contributed by atoms with Crippen LogP contribution in [0.25, 0.3) is 0 Å². The van der Waals surface area contributed by atoms with Crippen molar-refractivity contribution in [3.63, 3.8) is 0 Å². The number of hydrogen-bond acceptors (Lipinski definition) is 2. The molecule has 1 aliphatic carbocycles. The Kier molecular flexibility index (Phi) is 2.66. The first-order chi connectivity index (χ1) is 6.72. The van der Waals surface area contributed by atoms with Crippen LogP contribution in [0.2, 0.25) is 5.02 Å². The monoisotopic (exact) mass is 212 g/mol. The van der Waals surface area contributed by atoms with E-state index in [9.17, 15) is 5.11 Å². The van der Waals surface area contributed by atoms with E-state index in [2.05, 4.69) is 0 Å². The van der Waals surface area contributed by atoms with E-state index < -0.39 is 6.10 Å². The smallest absolute Gasteiger partial charge is 0.119 e. The highest BCUT2D eigenvalue weighted by Crippen LogP contribution is 2.43. The maximum atomic E-state index is 9.92. The van der Waals surface area contributed by atoms with Crippen LogP contribution in [0.5, 0.6) is 5.75 Å². The van der Waals surface area contributed by atoms with Crippen molar-refractivity contribution in [2.45, 2.75) is 18.9 Å². The van der Waals surface area contributed by atoms with E-state index in [4.69, 9.17) is 16.3 Å². The highest BCUT2D eigenvalue weighted by atomic mass is 35.5. The summed E-state index contributed by atoms with van der Waals surface area (Å²) in [6.45, 7) is 0. The molecule has 0 radical (unpaired) electrons. The lowest BCUT2D eigenvalue weighted by Gasteiger charge is -2.12. The van der Waals surface area contributed by atoms with Gasteiger partial charge in [0.25, 0.3) is 0 Å². The summed E-state index contributed by atoms with van der Waals surface area (Å²) in [6.07, 6.45) is 1.75. The number of benzene rings is 1. The van der Waals surface area contributed by atoms with Gasteiger partial charge in [-0.05, 0) is 37.0 Å². The van der Waals surface area contributed by atoms with E-state index in [1.165, 1.54) is 0 Å². The minimum absolute atomic E-state index is 0.389. The van der Waals surface area contributed by atoms with Gasteiger partial charge in [-0.3, -0.25) is 0 Å². The van der Waals surface area contributed by atoms with Gasteiger partial charge in [-0.1, -0.05) is 11.6 Å². The zero-order valence-corrected chi connectivity index (χ0v) is 8.79. The second-order valence-electron chi connectivity index (χ2n) is 3.67. The van der Waals surface area contributed by atoms with Gasteiger partial charge in [0.2, 0.25) is 0 Å². The average Bonchev–Trinajstić information content (AvgIpc) is 3.01. The number of halogens is 1. The lowest BCUT2D eigenvalue weighted by molar-refractivity contribution is 0.153. The molecule has 1 atom stereocenters. The maximum Gasteiger partial charge on any atom is 0.119 e. The van der Waals surface area contributed by atoms with Gasteiger partial charge in [-0.2, -0.15) is 0 Å². The van der Waals surface area contributed by atoms with Crippen molar-refractivity contribution < 1.29 is 9.84 Å². The molecule has 14 heavy (non-hydrogen) atoms. The molecule has 1 unspecified atom stereocenters. The molecule has 0 saturated heterocycles. The van der Waals surface area contributed by atoms with Crippen molar-refractivity contribution in [2.24, 2.45) is 5.92 Å². The lowest BCUT2D eigenvalue weighted by Crippen LogP contribution is -2.00. The second-order valence-corrected chi connectivity index (χ2v) is 4.08. The third-order valence-corrected chi connectivity index (χ3v) is 2.93. The Hall–Kier alpha value is -0.730. The minimum atomic E-state index is -0.433. The fourth-order valence-corrected chi connectivity index (χ4v) is 1.77. The van der Waals surface area contributed by atoms with Crippen molar-refractivity contribution in [1.82, 2.24) is 0 Å². The van der Waals surface area contributed by atoms with Gasteiger partial charge in [-0.15, -0.1) is 0 Å². The number of aliphatic hydroxyl groups is 1. The Balaban J connectivity index is 2.29. The van der Waals surface area contributed by atoms with Gasteiger partial charge in [-0.25, -0.2) is 0 Å². The number of hydrogen-bond donors (Lipinski definition) is 1. The molecule has 0 spiro atoms. The molecule has 1 fully saturated rings. The van der Waals surface area contributed by atoms with E-state index in [0.717, 1.165) is 24.2 Å². The molecule has 1 aliphatic rings. The molecular weight excluding hydrogens is 200 g/mol. The summed E-state index contributed by atoms with van der Waals surface area (Å²) in [7, 11) is 1.61. The predicted octanol–water partition coefficient (Wildman–Crippen LogP) is 2.79. The molecule has 2 nitrogen and oxygen atoms in total. The molecule has 1 N–H and O–H groups in total. The van der Waals surface area contributed by atoms with Gasteiger partial charge >= 0.3 is 0 Å². The highest BCUT2D eigenvalue weighted by molar-refractivity contribution is 6.31. The van der Waals surface area contributed by atoms with Crippen LogP contribution in [0.3, 0.4) is 0 Å². The Morgan fingerprint density at radius 2 is 2.21 bits per heavy atom. The number of ether oxygens (including phenoxy) is 1. The first-order valence-electron chi connectivity index (χ1n) is 4.74. The fourth-order valence-electron chi connectivity index (χ4n) is 1.54. The fraction of sp³-hybridized carbons (Fsp3) is 0.455. The summed E-state index contributed by atoms with van der Waals surface area (Å²) in [6, 6.07) is 5.37. The zero-order valence-electron chi connectivity index (χ0n) is 8.03. The molecule has 0 aliphatic heterocycles. The molecule has 2 rings (SSSR count). The molecule has 3 heteroatoms. The van der Waals surface area contributed by atoms with Crippen molar-refractivity contribution in [3.8, 4) is 5.75 Å². The topological polar surface area (TPSA) is 29.5 Å². The number of aliphatic hydroxyl groups excluding tert-OH is 1. The van der Waals surface area contributed by atoms with E-state index in [-0.39, 0.29) is 0 Å². The zero-order chi connectivity index (χ0) is 10.1. The summed E-state index contributed by atoms with van der Waals surface area (Å²) in [5, 5.41) is 10.5. The van der Waals surface area contributed by atoms with Gasteiger partial charge in [0.1, 0.15) is 5.75 Å². The first-order valence-corrected chi connectivity index (χ1v) is 5.11. The third kappa shape index (κ3) is 1.86. The minimum Gasteiger partial charge on any atom is -0.497 e. The van der Waals surface area contributed by atoms with E-state index in [1.807, 2.05) is 6.07 Å². The number of methoxy groups -OCH3 is 1. The van der Waals surface area contributed by atoms with Crippen molar-refractivity contribution >= 4 is 11.6 Å². The molecular formula is C11H13ClO2. The van der Waals surface area contributed by atoms with E-state index in [1.54, 1.807) is 19.2 Å². The molecule has 76 valence electrons. The lowest BCUT2D eigenvalue weighted by atomic mass is 10.1. The van der Waals surface area contributed by atoms with E-state index in [0.29, 0.717) is 10.9 Å². The molecule has 1 saturated carbocycles. The van der Waals surface area contributed by atoms with Crippen LogP contribution in [0.1, 0.15) is 24.5 Å².